The molecule has 2 heteroatoms. The molecule has 2 aromatic carbocycles. The molecule has 0 aromatic heterocycles. The van der Waals surface area contributed by atoms with Crippen LogP contribution in [0.5, 0.6) is 0 Å². The molecule has 0 nitrogen and oxygen atoms in total. The highest BCUT2D eigenvalue weighted by Crippen LogP contribution is 2.17. The molecule has 0 aliphatic carbocycles. The van der Waals surface area contributed by atoms with Crippen molar-refractivity contribution in [1.29, 1.82) is 0 Å². The maximum absolute atomic E-state index is 3.89. The van der Waals surface area contributed by atoms with Crippen LogP contribution < -0.4 is 10.4 Å². The maximum Gasteiger partial charge on any atom is 0.0663 e. The average molecular weight is 347 g/mol. The Bertz CT molecular complexity index is 616. The van der Waals surface area contributed by atoms with Crippen LogP contribution in [0, 0.1) is 0 Å². The maximum atomic E-state index is 3.89. The van der Waals surface area contributed by atoms with Gasteiger partial charge in [-0.15, -0.1) is 26.3 Å². The van der Waals surface area contributed by atoms with Crippen LogP contribution in [-0.2, 0) is 0 Å². The van der Waals surface area contributed by atoms with Gasteiger partial charge in [-0.3, -0.25) is 0 Å². The molecule has 0 saturated heterocycles. The van der Waals surface area contributed by atoms with Crippen LogP contribution in [-0.4, -0.2) is 19.0 Å². The molecule has 2 aromatic rings. The molecule has 0 bridgehead atoms. The highest BCUT2D eigenvalue weighted by Gasteiger charge is 2.05. The molecule has 0 heterocycles. The predicted octanol–water partition coefficient (Wildman–Crippen LogP) is 3.26. The lowest BCUT2D eigenvalue weighted by Crippen LogP contribution is -2.17. The minimum atomic E-state index is -0.367. The number of hydrogen-bond acceptors (Lipinski definition) is 0. The largest absolute Gasteiger partial charge is 0.103 e. The van der Waals surface area contributed by atoms with Gasteiger partial charge in [0.05, 0.1) is 19.0 Å². The molecular formula is C22H26Si2. The molecule has 0 aliphatic rings. The van der Waals surface area contributed by atoms with Crippen LogP contribution in [0.15, 0.2) is 99.2 Å². The van der Waals surface area contributed by atoms with E-state index in [1.165, 1.54) is 21.5 Å². The van der Waals surface area contributed by atoms with E-state index in [0.29, 0.717) is 11.1 Å². The third-order valence-electron chi connectivity index (χ3n) is 4.40. The summed E-state index contributed by atoms with van der Waals surface area (Å²) in [5.41, 5.74) is 3.50. The van der Waals surface area contributed by atoms with Gasteiger partial charge in [-0.2, -0.15) is 0 Å². The molecule has 122 valence electrons. The minimum Gasteiger partial charge on any atom is -0.103 e. The first-order valence-electron chi connectivity index (χ1n) is 8.38. The van der Waals surface area contributed by atoms with E-state index in [2.05, 4.69) is 74.8 Å². The van der Waals surface area contributed by atoms with Crippen molar-refractivity contribution in [2.24, 2.45) is 0 Å². The second kappa shape index (κ2) is 9.21. The van der Waals surface area contributed by atoms with Crippen molar-refractivity contribution in [2.75, 3.05) is 0 Å². The molecule has 0 saturated carbocycles. The Labute approximate surface area is 151 Å². The molecule has 2 rings (SSSR count). The van der Waals surface area contributed by atoms with Crippen LogP contribution in [0.4, 0.5) is 0 Å². The predicted molar refractivity (Wildman–Crippen MR) is 117 cm³/mol. The SMILES string of the molecule is C=CC(C=C)[SiH2]c1ccc(-c2ccc([SiH2]C(C=C)C=C)cc2)cc1. The van der Waals surface area contributed by atoms with Gasteiger partial charge < -0.3 is 0 Å². The zero-order valence-corrected chi connectivity index (χ0v) is 17.2. The van der Waals surface area contributed by atoms with E-state index in [0.717, 1.165) is 0 Å². The van der Waals surface area contributed by atoms with Crippen LogP contribution in [0.2, 0.25) is 11.1 Å². The van der Waals surface area contributed by atoms with Gasteiger partial charge in [-0.1, -0.05) is 83.2 Å². The molecule has 0 atom stereocenters. The molecule has 0 spiro atoms. The molecule has 0 unspecified atom stereocenters. The topological polar surface area (TPSA) is 0 Å². The van der Waals surface area contributed by atoms with E-state index in [1.807, 2.05) is 24.3 Å². The molecule has 24 heavy (non-hydrogen) atoms. The van der Waals surface area contributed by atoms with E-state index in [4.69, 9.17) is 0 Å². The molecule has 0 amide bonds. The normalized spacial score (nSPS) is 11.6. The van der Waals surface area contributed by atoms with Gasteiger partial charge in [-0.25, -0.2) is 0 Å². The zero-order chi connectivity index (χ0) is 17.4. The highest BCUT2D eigenvalue weighted by atomic mass is 28.2. The van der Waals surface area contributed by atoms with Crippen LogP contribution in [0.3, 0.4) is 0 Å². The first-order chi connectivity index (χ1) is 11.7. The molecule has 0 radical (unpaired) electrons. The fraction of sp³-hybridized carbons (Fsp3) is 0.0909. The van der Waals surface area contributed by atoms with E-state index >= 15 is 0 Å². The monoisotopic (exact) mass is 346 g/mol. The van der Waals surface area contributed by atoms with Crippen molar-refractivity contribution in [1.82, 2.24) is 0 Å². The second-order valence-electron chi connectivity index (χ2n) is 6.07. The summed E-state index contributed by atoms with van der Waals surface area (Å²) >= 11 is 0. The Hall–Kier alpha value is -2.17. The van der Waals surface area contributed by atoms with E-state index in [9.17, 15) is 0 Å². The Morgan fingerprint density at radius 3 is 1.08 bits per heavy atom. The number of hydrogen-bond donors (Lipinski definition) is 0. The van der Waals surface area contributed by atoms with Crippen molar-refractivity contribution in [3.05, 3.63) is 99.2 Å². The minimum absolute atomic E-state index is 0.367. The van der Waals surface area contributed by atoms with Gasteiger partial charge >= 0.3 is 0 Å². The molecular weight excluding hydrogens is 320 g/mol. The Kier molecular flexibility index (Phi) is 6.97. The van der Waals surface area contributed by atoms with Gasteiger partial charge in [-0.05, 0) is 22.2 Å². The lowest BCUT2D eigenvalue weighted by atomic mass is 10.1. The van der Waals surface area contributed by atoms with Gasteiger partial charge in [0.15, 0.2) is 0 Å². The number of benzene rings is 2. The van der Waals surface area contributed by atoms with Crippen molar-refractivity contribution < 1.29 is 0 Å². The van der Waals surface area contributed by atoms with Crippen molar-refractivity contribution in [3.63, 3.8) is 0 Å². The van der Waals surface area contributed by atoms with E-state index in [1.54, 1.807) is 0 Å². The van der Waals surface area contributed by atoms with Crippen LogP contribution in [0.25, 0.3) is 11.1 Å². The fourth-order valence-electron chi connectivity index (χ4n) is 2.74. The third kappa shape index (κ3) is 4.91. The van der Waals surface area contributed by atoms with E-state index in [-0.39, 0.29) is 19.0 Å². The molecule has 0 fully saturated rings. The second-order valence-corrected chi connectivity index (χ2v) is 10.4. The first kappa shape index (κ1) is 18.2. The van der Waals surface area contributed by atoms with E-state index < -0.39 is 0 Å². The van der Waals surface area contributed by atoms with Gasteiger partial charge in [0.2, 0.25) is 0 Å². The standard InChI is InChI=1S/C22H26Si2/c1-5-19(6-2)23-21-13-9-17(10-14-21)18-11-15-22(16-12-18)24-20(7-3)8-4/h5-16,19-20H,1-4,23-24H2. The summed E-state index contributed by atoms with van der Waals surface area (Å²) in [6.07, 6.45) is 8.04. The van der Waals surface area contributed by atoms with Crippen molar-refractivity contribution in [2.45, 2.75) is 11.1 Å². The lowest BCUT2D eigenvalue weighted by Gasteiger charge is -2.09. The Morgan fingerprint density at radius 2 is 0.833 bits per heavy atom. The quantitative estimate of drug-likeness (QED) is 0.483. The summed E-state index contributed by atoms with van der Waals surface area (Å²) in [5, 5.41) is 2.90. The number of allylic oxidation sites excluding steroid dienone is 4. The lowest BCUT2D eigenvalue weighted by molar-refractivity contribution is 1.38. The third-order valence-corrected chi connectivity index (χ3v) is 8.56. The Balaban J connectivity index is 2.08. The van der Waals surface area contributed by atoms with Crippen molar-refractivity contribution in [3.8, 4) is 11.1 Å². The van der Waals surface area contributed by atoms with Gasteiger partial charge in [0, 0.05) is 0 Å². The van der Waals surface area contributed by atoms with Gasteiger partial charge in [0.25, 0.3) is 0 Å². The summed E-state index contributed by atoms with van der Waals surface area (Å²) < 4.78 is 0. The molecule has 0 N–H and O–H groups in total. The summed E-state index contributed by atoms with van der Waals surface area (Å²) in [5.74, 6) is 0. The first-order valence-corrected chi connectivity index (χ1v) is 11.4. The number of rotatable bonds is 9. The summed E-state index contributed by atoms with van der Waals surface area (Å²) in [6, 6.07) is 18.0. The molecule has 0 aliphatic heterocycles. The smallest absolute Gasteiger partial charge is 0.0663 e. The van der Waals surface area contributed by atoms with Crippen LogP contribution >= 0.6 is 0 Å². The summed E-state index contributed by atoms with van der Waals surface area (Å²) in [6.45, 7) is 15.6. The van der Waals surface area contributed by atoms with Gasteiger partial charge in [0.1, 0.15) is 0 Å². The Morgan fingerprint density at radius 1 is 0.542 bits per heavy atom. The fourth-order valence-corrected chi connectivity index (χ4v) is 5.51. The summed E-state index contributed by atoms with van der Waals surface area (Å²) in [4.78, 5) is 0. The van der Waals surface area contributed by atoms with Crippen molar-refractivity contribution >= 4 is 29.4 Å². The zero-order valence-electron chi connectivity index (χ0n) is 14.3. The van der Waals surface area contributed by atoms with Crippen LogP contribution in [0.1, 0.15) is 0 Å². The highest BCUT2D eigenvalue weighted by molar-refractivity contribution is 6.56. The average Bonchev–Trinajstić information content (AvgIpc) is 2.65. The summed E-state index contributed by atoms with van der Waals surface area (Å²) in [7, 11) is -0.735.